The first-order chi connectivity index (χ1) is 12.6. The number of hydrogen-bond donors (Lipinski definition) is 0. The van der Waals surface area contributed by atoms with Crippen LogP contribution < -0.4 is 9.80 Å². The Kier molecular flexibility index (Phi) is 4.32. The number of benzene rings is 1. The van der Waals surface area contributed by atoms with E-state index >= 15 is 0 Å². The van der Waals surface area contributed by atoms with Crippen LogP contribution in [0.5, 0.6) is 0 Å². The van der Waals surface area contributed by atoms with Crippen molar-refractivity contribution in [3.63, 3.8) is 0 Å². The van der Waals surface area contributed by atoms with E-state index < -0.39 is 0 Å². The van der Waals surface area contributed by atoms with Crippen molar-refractivity contribution in [3.8, 4) is 5.82 Å². The first-order valence-electron chi connectivity index (χ1n) is 9.02. The lowest BCUT2D eigenvalue weighted by atomic mass is 10.2. The van der Waals surface area contributed by atoms with Crippen molar-refractivity contribution in [2.45, 2.75) is 20.8 Å². The molecule has 3 heterocycles. The molecule has 3 aromatic rings. The number of aromatic nitrogens is 4. The van der Waals surface area contributed by atoms with Gasteiger partial charge in [-0.05, 0) is 44.5 Å². The summed E-state index contributed by atoms with van der Waals surface area (Å²) in [5.74, 6) is 1.69. The van der Waals surface area contributed by atoms with Crippen LogP contribution in [0.4, 0.5) is 11.5 Å². The van der Waals surface area contributed by atoms with Crippen molar-refractivity contribution in [1.82, 2.24) is 19.7 Å². The topological polar surface area (TPSA) is 50.1 Å². The Hall–Kier alpha value is -2.89. The van der Waals surface area contributed by atoms with Crippen LogP contribution >= 0.6 is 0 Å². The number of aryl methyl sites for hydroxylation is 3. The maximum absolute atomic E-state index is 4.80. The molecule has 0 aliphatic carbocycles. The van der Waals surface area contributed by atoms with Gasteiger partial charge in [0.1, 0.15) is 5.82 Å². The molecule has 1 aliphatic heterocycles. The SMILES string of the molecule is Cc1cccc(N2CCN(c3cncc(-n4nc(C)cc4C)n3)CC2)c1. The van der Waals surface area contributed by atoms with Crippen molar-refractivity contribution < 1.29 is 0 Å². The van der Waals surface area contributed by atoms with Crippen LogP contribution in [0.15, 0.2) is 42.7 Å². The highest BCUT2D eigenvalue weighted by Gasteiger charge is 2.19. The molecule has 4 rings (SSSR count). The van der Waals surface area contributed by atoms with Gasteiger partial charge in [0, 0.05) is 37.6 Å². The maximum Gasteiger partial charge on any atom is 0.174 e. The molecule has 1 saturated heterocycles. The molecule has 6 nitrogen and oxygen atoms in total. The molecule has 0 amide bonds. The third-order valence-corrected chi connectivity index (χ3v) is 4.81. The Labute approximate surface area is 154 Å². The summed E-state index contributed by atoms with van der Waals surface area (Å²) in [6.07, 6.45) is 3.61. The minimum atomic E-state index is 0.772. The normalized spacial score (nSPS) is 14.7. The highest BCUT2D eigenvalue weighted by molar-refractivity contribution is 5.51. The van der Waals surface area contributed by atoms with Crippen LogP contribution in [-0.2, 0) is 0 Å². The lowest BCUT2D eigenvalue weighted by Gasteiger charge is -2.36. The molecule has 0 saturated carbocycles. The molecule has 2 aromatic heterocycles. The summed E-state index contributed by atoms with van der Waals surface area (Å²) in [6, 6.07) is 10.8. The molecule has 134 valence electrons. The smallest absolute Gasteiger partial charge is 0.174 e. The van der Waals surface area contributed by atoms with Gasteiger partial charge < -0.3 is 9.80 Å². The highest BCUT2D eigenvalue weighted by atomic mass is 15.3. The molecule has 0 spiro atoms. The molecule has 1 fully saturated rings. The van der Waals surface area contributed by atoms with E-state index in [9.17, 15) is 0 Å². The Morgan fingerprint density at radius 3 is 2.27 bits per heavy atom. The van der Waals surface area contributed by atoms with E-state index in [1.54, 1.807) is 6.20 Å². The van der Waals surface area contributed by atoms with Crippen molar-refractivity contribution >= 4 is 11.5 Å². The Morgan fingerprint density at radius 1 is 0.846 bits per heavy atom. The lowest BCUT2D eigenvalue weighted by molar-refractivity contribution is 0.644. The first-order valence-corrected chi connectivity index (χ1v) is 9.02. The molecule has 26 heavy (non-hydrogen) atoms. The summed E-state index contributed by atoms with van der Waals surface area (Å²) in [6.45, 7) is 10.00. The molecule has 0 atom stereocenters. The molecule has 0 unspecified atom stereocenters. The van der Waals surface area contributed by atoms with Crippen LogP contribution in [-0.4, -0.2) is 45.9 Å². The van der Waals surface area contributed by atoms with Gasteiger partial charge in [-0.1, -0.05) is 12.1 Å². The summed E-state index contributed by atoms with van der Waals surface area (Å²) < 4.78 is 1.86. The van der Waals surface area contributed by atoms with Crippen molar-refractivity contribution in [2.75, 3.05) is 36.0 Å². The number of anilines is 2. The lowest BCUT2D eigenvalue weighted by Crippen LogP contribution is -2.47. The minimum absolute atomic E-state index is 0.772. The third kappa shape index (κ3) is 3.27. The molecule has 0 radical (unpaired) electrons. The van der Waals surface area contributed by atoms with E-state index in [1.807, 2.05) is 24.7 Å². The van der Waals surface area contributed by atoms with E-state index in [1.165, 1.54) is 11.3 Å². The second-order valence-electron chi connectivity index (χ2n) is 6.89. The van der Waals surface area contributed by atoms with Crippen molar-refractivity contribution in [2.24, 2.45) is 0 Å². The monoisotopic (exact) mass is 348 g/mol. The fraction of sp³-hybridized carbons (Fsp3) is 0.350. The number of hydrogen-bond acceptors (Lipinski definition) is 5. The third-order valence-electron chi connectivity index (χ3n) is 4.81. The van der Waals surface area contributed by atoms with Gasteiger partial charge in [-0.15, -0.1) is 0 Å². The minimum Gasteiger partial charge on any atom is -0.368 e. The number of nitrogens with zero attached hydrogens (tertiary/aromatic N) is 6. The maximum atomic E-state index is 4.80. The Morgan fingerprint density at radius 2 is 1.58 bits per heavy atom. The average molecular weight is 348 g/mol. The number of piperazine rings is 1. The van der Waals surface area contributed by atoms with E-state index in [0.717, 1.165) is 49.2 Å². The van der Waals surface area contributed by atoms with Crippen LogP contribution in [0.3, 0.4) is 0 Å². The van der Waals surface area contributed by atoms with Gasteiger partial charge in [-0.2, -0.15) is 5.10 Å². The molecule has 0 N–H and O–H groups in total. The van der Waals surface area contributed by atoms with Gasteiger partial charge >= 0.3 is 0 Å². The standard InChI is InChI=1S/C20H24N6/c1-15-5-4-6-18(11-15)24-7-9-25(10-8-24)19-13-21-14-20(22-19)26-17(3)12-16(2)23-26/h4-6,11-14H,7-10H2,1-3H3. The predicted molar refractivity (Wildman–Crippen MR) is 104 cm³/mol. The Balaban J connectivity index is 1.50. The fourth-order valence-corrected chi connectivity index (χ4v) is 3.48. The van der Waals surface area contributed by atoms with E-state index in [0.29, 0.717) is 0 Å². The summed E-state index contributed by atoms with van der Waals surface area (Å²) >= 11 is 0. The van der Waals surface area contributed by atoms with Gasteiger partial charge in [0.05, 0.1) is 18.1 Å². The quantitative estimate of drug-likeness (QED) is 0.728. The van der Waals surface area contributed by atoms with Crippen LogP contribution in [0.25, 0.3) is 5.82 Å². The summed E-state index contributed by atoms with van der Waals surface area (Å²) in [4.78, 5) is 13.9. The van der Waals surface area contributed by atoms with Gasteiger partial charge in [0.2, 0.25) is 0 Å². The molecule has 0 bridgehead atoms. The predicted octanol–water partition coefficient (Wildman–Crippen LogP) is 2.91. The number of rotatable bonds is 3. The van der Waals surface area contributed by atoms with Crippen molar-refractivity contribution in [3.05, 3.63) is 59.7 Å². The van der Waals surface area contributed by atoms with E-state index in [2.05, 4.69) is 57.1 Å². The largest absolute Gasteiger partial charge is 0.368 e. The second kappa shape index (κ2) is 6.78. The van der Waals surface area contributed by atoms with Gasteiger partial charge in [0.15, 0.2) is 5.82 Å². The second-order valence-corrected chi connectivity index (χ2v) is 6.89. The zero-order chi connectivity index (χ0) is 18.1. The van der Waals surface area contributed by atoms with Gasteiger partial charge in [-0.25, -0.2) is 9.67 Å². The summed E-state index contributed by atoms with van der Waals surface area (Å²) in [5, 5.41) is 4.51. The first kappa shape index (κ1) is 16.6. The van der Waals surface area contributed by atoms with E-state index in [-0.39, 0.29) is 0 Å². The average Bonchev–Trinajstić information content (AvgIpc) is 3.00. The summed E-state index contributed by atoms with van der Waals surface area (Å²) in [7, 11) is 0. The molecular formula is C20H24N6. The van der Waals surface area contributed by atoms with Crippen LogP contribution in [0.1, 0.15) is 17.0 Å². The zero-order valence-electron chi connectivity index (χ0n) is 15.6. The Bertz CT molecular complexity index is 908. The van der Waals surface area contributed by atoms with Gasteiger partial charge in [0.25, 0.3) is 0 Å². The van der Waals surface area contributed by atoms with Crippen molar-refractivity contribution in [1.29, 1.82) is 0 Å². The molecule has 6 heteroatoms. The van der Waals surface area contributed by atoms with E-state index in [4.69, 9.17) is 4.98 Å². The highest BCUT2D eigenvalue weighted by Crippen LogP contribution is 2.20. The van der Waals surface area contributed by atoms with Gasteiger partial charge in [-0.3, -0.25) is 4.98 Å². The molecule has 1 aliphatic rings. The zero-order valence-corrected chi connectivity index (χ0v) is 15.6. The fourth-order valence-electron chi connectivity index (χ4n) is 3.48. The summed E-state index contributed by atoms with van der Waals surface area (Å²) in [5.41, 5.74) is 4.65. The van der Waals surface area contributed by atoms with Crippen LogP contribution in [0.2, 0.25) is 0 Å². The molecule has 1 aromatic carbocycles. The molecular weight excluding hydrogens is 324 g/mol. The van der Waals surface area contributed by atoms with Crippen LogP contribution in [0, 0.1) is 20.8 Å².